The molecule has 0 radical (unpaired) electrons. The minimum absolute atomic E-state index is 0.00720. The van der Waals surface area contributed by atoms with Crippen molar-refractivity contribution >= 4 is 11.7 Å². The molecule has 0 fully saturated rings. The molecule has 0 saturated heterocycles. The van der Waals surface area contributed by atoms with Crippen LogP contribution in [0.5, 0.6) is 0 Å². The summed E-state index contributed by atoms with van der Waals surface area (Å²) in [6, 6.07) is 0. The van der Waals surface area contributed by atoms with Crippen molar-refractivity contribution < 1.29 is 22.7 Å². The van der Waals surface area contributed by atoms with E-state index in [1.54, 1.807) is 20.8 Å². The van der Waals surface area contributed by atoms with E-state index in [1.165, 1.54) is 6.08 Å². The van der Waals surface area contributed by atoms with E-state index in [4.69, 9.17) is 4.74 Å². The van der Waals surface area contributed by atoms with Gasteiger partial charge in [-0.25, -0.2) is 0 Å². The Morgan fingerprint density at radius 1 is 1.39 bits per heavy atom. The van der Waals surface area contributed by atoms with E-state index in [0.29, 0.717) is 0 Å². The maximum Gasteiger partial charge on any atom is 0.433 e. The number of ether oxygens (including phenoxy) is 1. The monoisotopic (exact) mass is 263 g/mol. The fourth-order valence-electron chi connectivity index (χ4n) is 1.57. The van der Waals surface area contributed by atoms with E-state index < -0.39 is 23.5 Å². The average Bonchev–Trinajstić information content (AvgIpc) is 2.58. The second-order valence-corrected chi connectivity index (χ2v) is 5.00. The van der Waals surface area contributed by atoms with Gasteiger partial charge in [0.15, 0.2) is 0 Å². The Hall–Kier alpha value is -1.33. The summed E-state index contributed by atoms with van der Waals surface area (Å²) in [5, 5.41) is 0. The summed E-state index contributed by atoms with van der Waals surface area (Å²) in [6.07, 6.45) is -3.12. The van der Waals surface area contributed by atoms with Crippen LogP contribution in [0.2, 0.25) is 0 Å². The summed E-state index contributed by atoms with van der Waals surface area (Å²) in [5.74, 6) is -0.503. The van der Waals surface area contributed by atoms with Gasteiger partial charge in [-0.1, -0.05) is 6.08 Å². The minimum Gasteiger partial charge on any atom is -0.460 e. The number of hydrogen-bond acceptors (Lipinski definition) is 3. The van der Waals surface area contributed by atoms with Crippen molar-refractivity contribution in [1.29, 1.82) is 0 Å². The Labute approximate surface area is 104 Å². The lowest BCUT2D eigenvalue weighted by Crippen LogP contribution is -2.26. The summed E-state index contributed by atoms with van der Waals surface area (Å²) >= 11 is 0. The molecule has 0 saturated carbocycles. The van der Waals surface area contributed by atoms with Gasteiger partial charge in [-0.2, -0.15) is 13.2 Å². The first-order chi connectivity index (χ1) is 8.09. The number of nitrogens with zero attached hydrogens (tertiary/aromatic N) is 1. The number of aliphatic imine (C=N–C) groups is 1. The first kappa shape index (κ1) is 14.7. The number of allylic oxidation sites excluding steroid dienone is 1. The molecule has 1 heterocycles. The third-order valence-corrected chi connectivity index (χ3v) is 2.18. The van der Waals surface area contributed by atoms with Gasteiger partial charge < -0.3 is 4.74 Å². The summed E-state index contributed by atoms with van der Waals surface area (Å²) in [7, 11) is 0. The van der Waals surface area contributed by atoms with E-state index >= 15 is 0 Å². The predicted octanol–water partition coefficient (Wildman–Crippen LogP) is 3.05. The first-order valence-corrected chi connectivity index (χ1v) is 5.62. The van der Waals surface area contributed by atoms with Crippen LogP contribution in [0.3, 0.4) is 0 Å². The number of halogens is 3. The van der Waals surface area contributed by atoms with Crippen molar-refractivity contribution in [2.45, 2.75) is 45.4 Å². The fourth-order valence-corrected chi connectivity index (χ4v) is 1.57. The van der Waals surface area contributed by atoms with Crippen molar-refractivity contribution in [2.24, 2.45) is 4.99 Å². The molecule has 1 aliphatic rings. The zero-order chi connectivity index (χ0) is 14.0. The largest absolute Gasteiger partial charge is 0.460 e. The van der Waals surface area contributed by atoms with Crippen LogP contribution >= 0.6 is 0 Å². The molecule has 0 atom stereocenters. The average molecular weight is 263 g/mol. The topological polar surface area (TPSA) is 38.7 Å². The SMILES string of the molecule is CC(C)(C)OC(=O)CCC1=CCN=C1C(F)(F)F. The number of esters is 1. The van der Waals surface area contributed by atoms with E-state index in [-0.39, 0.29) is 25.0 Å². The van der Waals surface area contributed by atoms with Crippen LogP contribution in [0.25, 0.3) is 0 Å². The number of alkyl halides is 3. The molecule has 0 aromatic carbocycles. The van der Waals surface area contributed by atoms with Crippen LogP contribution in [0.1, 0.15) is 33.6 Å². The molecule has 18 heavy (non-hydrogen) atoms. The molecule has 0 aromatic rings. The maximum atomic E-state index is 12.5. The smallest absolute Gasteiger partial charge is 0.433 e. The predicted molar refractivity (Wildman–Crippen MR) is 61.5 cm³/mol. The number of rotatable bonds is 3. The number of carbonyl (C=O) groups is 1. The van der Waals surface area contributed by atoms with E-state index in [9.17, 15) is 18.0 Å². The zero-order valence-electron chi connectivity index (χ0n) is 10.6. The molecular weight excluding hydrogens is 247 g/mol. The van der Waals surface area contributed by atoms with Gasteiger partial charge in [-0.05, 0) is 32.8 Å². The fraction of sp³-hybridized carbons (Fsp3) is 0.667. The van der Waals surface area contributed by atoms with Crippen molar-refractivity contribution in [1.82, 2.24) is 0 Å². The summed E-state index contributed by atoms with van der Waals surface area (Å²) in [5.41, 5.74) is -1.42. The molecule has 1 rings (SSSR count). The highest BCUT2D eigenvalue weighted by atomic mass is 19.4. The van der Waals surface area contributed by atoms with Gasteiger partial charge in [-0.3, -0.25) is 9.79 Å². The Balaban J connectivity index is 2.51. The second kappa shape index (κ2) is 5.12. The molecular formula is C12H16F3NO2. The van der Waals surface area contributed by atoms with Crippen LogP contribution in [0.4, 0.5) is 13.2 Å². The lowest BCUT2D eigenvalue weighted by atomic mass is 10.1. The third kappa shape index (κ3) is 4.50. The molecule has 0 N–H and O–H groups in total. The van der Waals surface area contributed by atoms with Gasteiger partial charge >= 0.3 is 12.1 Å². The minimum atomic E-state index is -4.45. The molecule has 6 heteroatoms. The highest BCUT2D eigenvalue weighted by Crippen LogP contribution is 2.27. The number of carbonyl (C=O) groups excluding carboxylic acids is 1. The van der Waals surface area contributed by atoms with Gasteiger partial charge in [0.2, 0.25) is 0 Å². The Morgan fingerprint density at radius 3 is 2.50 bits per heavy atom. The molecule has 0 amide bonds. The van der Waals surface area contributed by atoms with E-state index in [2.05, 4.69) is 4.99 Å². The standard InChI is InChI=1S/C12H16F3NO2/c1-11(2,3)18-9(17)5-4-8-6-7-16-10(8)12(13,14)15/h6H,4-5,7H2,1-3H3. The Kier molecular flexibility index (Phi) is 4.19. The highest BCUT2D eigenvalue weighted by molar-refractivity contribution is 6.05. The first-order valence-electron chi connectivity index (χ1n) is 5.62. The van der Waals surface area contributed by atoms with Crippen LogP contribution in [0, 0.1) is 0 Å². The molecule has 3 nitrogen and oxygen atoms in total. The van der Waals surface area contributed by atoms with Crippen molar-refractivity contribution in [2.75, 3.05) is 6.54 Å². The van der Waals surface area contributed by atoms with Crippen molar-refractivity contribution in [3.05, 3.63) is 11.6 Å². The van der Waals surface area contributed by atoms with Crippen molar-refractivity contribution in [3.63, 3.8) is 0 Å². The molecule has 0 unspecified atom stereocenters. The number of hydrogen-bond donors (Lipinski definition) is 0. The Morgan fingerprint density at radius 2 is 2.00 bits per heavy atom. The molecule has 0 aliphatic carbocycles. The zero-order valence-corrected chi connectivity index (χ0v) is 10.6. The van der Waals surface area contributed by atoms with Gasteiger partial charge in [0.1, 0.15) is 11.3 Å². The summed E-state index contributed by atoms with van der Waals surface area (Å²) in [4.78, 5) is 14.8. The van der Waals surface area contributed by atoms with Gasteiger partial charge in [0.25, 0.3) is 0 Å². The van der Waals surface area contributed by atoms with Gasteiger partial charge in [0.05, 0.1) is 6.54 Å². The van der Waals surface area contributed by atoms with Gasteiger partial charge in [0, 0.05) is 6.42 Å². The Bertz CT molecular complexity index is 389. The van der Waals surface area contributed by atoms with Crippen LogP contribution in [0.15, 0.2) is 16.6 Å². The van der Waals surface area contributed by atoms with Gasteiger partial charge in [-0.15, -0.1) is 0 Å². The molecule has 1 aliphatic heterocycles. The summed E-state index contributed by atoms with van der Waals surface area (Å²) in [6.45, 7) is 5.16. The van der Waals surface area contributed by atoms with E-state index in [1.807, 2.05) is 0 Å². The third-order valence-electron chi connectivity index (χ3n) is 2.18. The molecule has 0 aromatic heterocycles. The quantitative estimate of drug-likeness (QED) is 0.734. The molecule has 102 valence electrons. The highest BCUT2D eigenvalue weighted by Gasteiger charge is 2.39. The van der Waals surface area contributed by atoms with E-state index in [0.717, 1.165) is 0 Å². The summed E-state index contributed by atoms with van der Waals surface area (Å²) < 4.78 is 42.6. The second-order valence-electron chi connectivity index (χ2n) is 5.00. The van der Waals surface area contributed by atoms with Crippen molar-refractivity contribution in [3.8, 4) is 0 Å². The van der Waals surface area contributed by atoms with Crippen LogP contribution < -0.4 is 0 Å². The van der Waals surface area contributed by atoms with Crippen LogP contribution in [-0.2, 0) is 9.53 Å². The lowest BCUT2D eigenvalue weighted by molar-refractivity contribution is -0.154. The maximum absolute atomic E-state index is 12.5. The van der Waals surface area contributed by atoms with Crippen LogP contribution in [-0.4, -0.2) is 30.0 Å². The molecule has 0 bridgehead atoms. The molecule has 0 spiro atoms. The lowest BCUT2D eigenvalue weighted by Gasteiger charge is -2.19. The normalized spacial score (nSPS) is 16.3.